The lowest BCUT2D eigenvalue weighted by Crippen LogP contribution is -2.20. The summed E-state index contributed by atoms with van der Waals surface area (Å²) in [7, 11) is 1.41. The molecule has 1 aliphatic carbocycles. The Morgan fingerprint density at radius 2 is 2.54 bits per heavy atom. The molecule has 0 amide bonds. The van der Waals surface area contributed by atoms with Gasteiger partial charge in [0.25, 0.3) is 0 Å². The highest BCUT2D eigenvalue weighted by molar-refractivity contribution is 5.84. The molecule has 3 heteroatoms. The third-order valence-electron chi connectivity index (χ3n) is 3.17. The number of ether oxygens (including phenoxy) is 2. The van der Waals surface area contributed by atoms with E-state index in [0.717, 1.165) is 19.4 Å². The van der Waals surface area contributed by atoms with Crippen LogP contribution in [0.25, 0.3) is 0 Å². The number of carbonyl (C=O) groups is 1. The van der Waals surface area contributed by atoms with Crippen molar-refractivity contribution < 1.29 is 14.3 Å². The second-order valence-electron chi connectivity index (χ2n) is 3.67. The van der Waals surface area contributed by atoms with Gasteiger partial charge in [-0.3, -0.25) is 4.79 Å². The first-order valence-electron chi connectivity index (χ1n) is 4.61. The summed E-state index contributed by atoms with van der Waals surface area (Å²) in [4.78, 5) is 11.5. The molecule has 3 atom stereocenters. The molecule has 1 aliphatic heterocycles. The van der Waals surface area contributed by atoms with Crippen LogP contribution in [0.5, 0.6) is 0 Å². The second-order valence-corrected chi connectivity index (χ2v) is 3.67. The van der Waals surface area contributed by atoms with Crippen LogP contribution in [-0.2, 0) is 14.3 Å². The molecule has 3 nitrogen and oxygen atoms in total. The van der Waals surface area contributed by atoms with Crippen LogP contribution in [0.1, 0.15) is 12.8 Å². The van der Waals surface area contributed by atoms with Crippen molar-refractivity contribution in [3.63, 3.8) is 0 Å². The van der Waals surface area contributed by atoms with Crippen LogP contribution in [0.2, 0.25) is 0 Å². The van der Waals surface area contributed by atoms with Crippen molar-refractivity contribution in [2.75, 3.05) is 13.7 Å². The average Bonchev–Trinajstić information content (AvgIpc) is 2.86. The van der Waals surface area contributed by atoms with E-state index in [-0.39, 0.29) is 12.1 Å². The van der Waals surface area contributed by atoms with E-state index in [0.29, 0.717) is 5.92 Å². The lowest BCUT2D eigenvalue weighted by molar-refractivity contribution is -0.146. The maximum Gasteiger partial charge on any atom is 0.318 e. The van der Waals surface area contributed by atoms with Gasteiger partial charge in [0, 0.05) is 12.5 Å². The first kappa shape index (κ1) is 8.75. The van der Waals surface area contributed by atoms with Gasteiger partial charge in [-0.15, -0.1) is 6.58 Å². The molecular formula is C10H14O3. The van der Waals surface area contributed by atoms with Gasteiger partial charge in [0.1, 0.15) is 5.41 Å². The third kappa shape index (κ3) is 0.967. The standard InChI is InChI=1S/C10H14O3/c1-3-10(9(11)12-2)7-5-4-6-13-8(7)10/h3,7-8H,1,4-6H2,2H3/t7-,8+,10+/m1/s1. The molecule has 2 fully saturated rings. The van der Waals surface area contributed by atoms with Gasteiger partial charge in [0.15, 0.2) is 0 Å². The highest BCUT2D eigenvalue weighted by Crippen LogP contribution is 2.60. The highest BCUT2D eigenvalue weighted by Gasteiger charge is 2.70. The van der Waals surface area contributed by atoms with Crippen LogP contribution in [0.3, 0.4) is 0 Å². The maximum absolute atomic E-state index is 11.5. The van der Waals surface area contributed by atoms with Gasteiger partial charge >= 0.3 is 5.97 Å². The Hall–Kier alpha value is -0.830. The van der Waals surface area contributed by atoms with Crippen LogP contribution in [-0.4, -0.2) is 25.8 Å². The predicted molar refractivity (Wildman–Crippen MR) is 47.1 cm³/mol. The fourth-order valence-electron chi connectivity index (χ4n) is 2.40. The van der Waals surface area contributed by atoms with E-state index < -0.39 is 5.41 Å². The minimum Gasteiger partial charge on any atom is -0.468 e. The zero-order chi connectivity index (χ0) is 9.47. The predicted octanol–water partition coefficient (Wildman–Crippen LogP) is 1.14. The molecule has 0 spiro atoms. The Bertz CT molecular complexity index is 235. The molecule has 1 saturated heterocycles. The van der Waals surface area contributed by atoms with Crippen LogP contribution in [0.15, 0.2) is 12.7 Å². The number of hydrogen-bond acceptors (Lipinski definition) is 3. The van der Waals surface area contributed by atoms with Crippen molar-refractivity contribution in [1.82, 2.24) is 0 Å². The average molecular weight is 182 g/mol. The monoisotopic (exact) mass is 182 g/mol. The molecule has 0 radical (unpaired) electrons. The number of carbonyl (C=O) groups excluding carboxylic acids is 1. The molecule has 1 heterocycles. The Morgan fingerprint density at radius 1 is 1.77 bits per heavy atom. The van der Waals surface area contributed by atoms with Crippen molar-refractivity contribution in [2.45, 2.75) is 18.9 Å². The number of rotatable bonds is 2. The maximum atomic E-state index is 11.5. The van der Waals surface area contributed by atoms with Gasteiger partial charge in [-0.25, -0.2) is 0 Å². The molecule has 2 rings (SSSR count). The molecule has 72 valence electrons. The lowest BCUT2D eigenvalue weighted by Gasteiger charge is -2.08. The summed E-state index contributed by atoms with van der Waals surface area (Å²) in [6.45, 7) is 4.46. The van der Waals surface area contributed by atoms with E-state index in [1.54, 1.807) is 6.08 Å². The van der Waals surface area contributed by atoms with Gasteiger partial charge < -0.3 is 9.47 Å². The summed E-state index contributed by atoms with van der Waals surface area (Å²) in [5.74, 6) is 0.116. The van der Waals surface area contributed by atoms with Gasteiger partial charge in [-0.1, -0.05) is 6.08 Å². The van der Waals surface area contributed by atoms with Crippen molar-refractivity contribution in [1.29, 1.82) is 0 Å². The summed E-state index contributed by atoms with van der Waals surface area (Å²) < 4.78 is 10.3. The summed E-state index contributed by atoms with van der Waals surface area (Å²) >= 11 is 0. The van der Waals surface area contributed by atoms with E-state index in [2.05, 4.69) is 6.58 Å². The summed E-state index contributed by atoms with van der Waals surface area (Å²) in [6.07, 6.45) is 3.81. The number of methoxy groups -OCH3 is 1. The molecule has 0 bridgehead atoms. The fraction of sp³-hybridized carbons (Fsp3) is 0.700. The molecule has 13 heavy (non-hydrogen) atoms. The molecule has 0 aromatic carbocycles. The van der Waals surface area contributed by atoms with Gasteiger partial charge in [0.2, 0.25) is 0 Å². The van der Waals surface area contributed by atoms with Gasteiger partial charge in [-0.05, 0) is 12.8 Å². The normalized spacial score (nSPS) is 41.9. The Balaban J connectivity index is 2.19. The second kappa shape index (κ2) is 2.84. The van der Waals surface area contributed by atoms with Crippen molar-refractivity contribution in [2.24, 2.45) is 11.3 Å². The van der Waals surface area contributed by atoms with Crippen LogP contribution in [0, 0.1) is 11.3 Å². The molecule has 0 N–H and O–H groups in total. The summed E-state index contributed by atoms with van der Waals surface area (Å²) in [5.41, 5.74) is -0.523. The smallest absolute Gasteiger partial charge is 0.318 e. The van der Waals surface area contributed by atoms with E-state index in [9.17, 15) is 4.79 Å². The van der Waals surface area contributed by atoms with Crippen LogP contribution >= 0.6 is 0 Å². The first-order valence-corrected chi connectivity index (χ1v) is 4.61. The summed E-state index contributed by atoms with van der Waals surface area (Å²) in [6, 6.07) is 0. The number of hydrogen-bond donors (Lipinski definition) is 0. The van der Waals surface area contributed by atoms with Crippen LogP contribution < -0.4 is 0 Å². The fourth-order valence-corrected chi connectivity index (χ4v) is 2.40. The Labute approximate surface area is 77.7 Å². The molecule has 0 aromatic rings. The number of esters is 1. The lowest BCUT2D eigenvalue weighted by atomic mass is 10.0. The quantitative estimate of drug-likeness (QED) is 0.474. The SMILES string of the molecule is C=C[C@]1(C(=O)OC)[C@@H]2CCCO[C@@H]21. The summed E-state index contributed by atoms with van der Waals surface area (Å²) in [5, 5.41) is 0. The zero-order valence-corrected chi connectivity index (χ0v) is 7.79. The first-order chi connectivity index (χ1) is 6.27. The van der Waals surface area contributed by atoms with Crippen molar-refractivity contribution >= 4 is 5.97 Å². The minimum absolute atomic E-state index is 0.0335. The minimum atomic E-state index is -0.523. The molecule has 1 saturated carbocycles. The number of fused-ring (bicyclic) bond motifs is 1. The van der Waals surface area contributed by atoms with Gasteiger partial charge in [0.05, 0.1) is 13.2 Å². The van der Waals surface area contributed by atoms with E-state index in [1.807, 2.05) is 0 Å². The molecule has 0 unspecified atom stereocenters. The topological polar surface area (TPSA) is 35.5 Å². The van der Waals surface area contributed by atoms with Crippen molar-refractivity contribution in [3.05, 3.63) is 12.7 Å². The van der Waals surface area contributed by atoms with Crippen molar-refractivity contribution in [3.8, 4) is 0 Å². The Morgan fingerprint density at radius 3 is 3.00 bits per heavy atom. The molecule has 0 aromatic heterocycles. The van der Waals surface area contributed by atoms with Gasteiger partial charge in [-0.2, -0.15) is 0 Å². The van der Waals surface area contributed by atoms with Crippen LogP contribution in [0.4, 0.5) is 0 Å². The van der Waals surface area contributed by atoms with E-state index in [4.69, 9.17) is 9.47 Å². The molecular weight excluding hydrogens is 168 g/mol. The largest absolute Gasteiger partial charge is 0.468 e. The Kier molecular flexibility index (Phi) is 1.91. The zero-order valence-electron chi connectivity index (χ0n) is 7.79. The highest BCUT2D eigenvalue weighted by atomic mass is 16.5. The molecule has 2 aliphatic rings. The third-order valence-corrected chi connectivity index (χ3v) is 3.17. The van der Waals surface area contributed by atoms with E-state index >= 15 is 0 Å². The van der Waals surface area contributed by atoms with E-state index in [1.165, 1.54) is 7.11 Å².